The fraction of sp³-hybridized carbons (Fsp3) is 1.00. The molecule has 0 atom stereocenters. The maximum Gasteiger partial charge on any atom is 0.150 e. The fourth-order valence-electron chi connectivity index (χ4n) is 2.41. The average molecular weight is 370 g/mol. The lowest BCUT2D eigenvalue weighted by Crippen LogP contribution is -2.14. The molecule has 0 rings (SSSR count). The molecule has 0 nitrogen and oxygen atoms in total. The van der Waals surface area contributed by atoms with Crippen molar-refractivity contribution < 1.29 is 0 Å². The van der Waals surface area contributed by atoms with E-state index in [1.807, 2.05) is 0 Å². The first-order chi connectivity index (χ1) is 9.06. The standard InChI is InChI=1S/C16H34BrClSi/c1-19(2,18)16-14-12-10-8-6-4-3-5-7-9-11-13-15-17/h3-16H2,1-2H3. The van der Waals surface area contributed by atoms with Crippen molar-refractivity contribution in [3.63, 3.8) is 0 Å². The molecule has 0 radical (unpaired) electrons. The molecule has 0 bridgehead atoms. The second kappa shape index (κ2) is 13.9. The van der Waals surface area contributed by atoms with Gasteiger partial charge in [0.2, 0.25) is 0 Å². The second-order valence-electron chi connectivity index (χ2n) is 6.40. The van der Waals surface area contributed by atoms with Crippen LogP contribution in [-0.2, 0) is 0 Å². The number of halogens is 2. The molecule has 0 spiro atoms. The summed E-state index contributed by atoms with van der Waals surface area (Å²) >= 11 is 9.80. The Morgan fingerprint density at radius 1 is 0.632 bits per heavy atom. The van der Waals surface area contributed by atoms with Crippen LogP contribution < -0.4 is 0 Å². The number of alkyl halides is 1. The van der Waals surface area contributed by atoms with Crippen molar-refractivity contribution >= 4 is 34.4 Å². The van der Waals surface area contributed by atoms with Crippen molar-refractivity contribution in [3.8, 4) is 0 Å². The van der Waals surface area contributed by atoms with Crippen molar-refractivity contribution in [2.75, 3.05) is 5.33 Å². The van der Waals surface area contributed by atoms with Crippen LogP contribution in [-0.4, -0.2) is 12.7 Å². The first kappa shape index (κ1) is 20.0. The smallest absolute Gasteiger partial charge is 0.150 e. The van der Waals surface area contributed by atoms with Crippen molar-refractivity contribution in [2.45, 2.75) is 96.2 Å². The van der Waals surface area contributed by atoms with Crippen LogP contribution in [0.15, 0.2) is 0 Å². The Hall–Kier alpha value is 0.987. The van der Waals surface area contributed by atoms with E-state index in [2.05, 4.69) is 29.0 Å². The Labute approximate surface area is 135 Å². The third-order valence-corrected chi connectivity index (χ3v) is 6.33. The van der Waals surface area contributed by atoms with Gasteiger partial charge in [0.25, 0.3) is 0 Å². The Bertz CT molecular complexity index is 180. The van der Waals surface area contributed by atoms with Gasteiger partial charge in [0, 0.05) is 5.33 Å². The third kappa shape index (κ3) is 19.0. The molecule has 0 aromatic rings. The van der Waals surface area contributed by atoms with Crippen molar-refractivity contribution in [3.05, 3.63) is 0 Å². The Morgan fingerprint density at radius 2 is 0.947 bits per heavy atom. The van der Waals surface area contributed by atoms with Gasteiger partial charge in [-0.25, -0.2) is 0 Å². The molecule has 3 heteroatoms. The van der Waals surface area contributed by atoms with E-state index >= 15 is 0 Å². The molecule has 0 aliphatic carbocycles. The first-order valence-electron chi connectivity index (χ1n) is 8.31. The van der Waals surface area contributed by atoms with Gasteiger partial charge in [-0.3, -0.25) is 0 Å². The Kier molecular flexibility index (Phi) is 14.7. The zero-order valence-corrected chi connectivity index (χ0v) is 16.5. The Balaban J connectivity index is 2.99. The van der Waals surface area contributed by atoms with Gasteiger partial charge in [-0.2, -0.15) is 11.1 Å². The molecule has 0 saturated carbocycles. The van der Waals surface area contributed by atoms with E-state index in [0.29, 0.717) is 0 Å². The number of rotatable bonds is 14. The maximum atomic E-state index is 6.31. The molecule has 19 heavy (non-hydrogen) atoms. The summed E-state index contributed by atoms with van der Waals surface area (Å²) in [7, 11) is -1.29. The monoisotopic (exact) mass is 368 g/mol. The molecular weight excluding hydrogens is 336 g/mol. The summed E-state index contributed by atoms with van der Waals surface area (Å²) in [6.45, 7) is 4.51. The number of hydrogen-bond donors (Lipinski definition) is 0. The van der Waals surface area contributed by atoms with Crippen LogP contribution in [0.2, 0.25) is 19.1 Å². The molecule has 0 aromatic carbocycles. The minimum absolute atomic E-state index is 1.18. The van der Waals surface area contributed by atoms with Gasteiger partial charge < -0.3 is 0 Å². The van der Waals surface area contributed by atoms with E-state index in [-0.39, 0.29) is 0 Å². The fourth-order valence-corrected chi connectivity index (χ4v) is 4.30. The highest BCUT2D eigenvalue weighted by Gasteiger charge is 2.15. The van der Waals surface area contributed by atoms with Gasteiger partial charge in [-0.15, -0.1) is 0 Å². The van der Waals surface area contributed by atoms with Crippen LogP contribution in [0.5, 0.6) is 0 Å². The largest absolute Gasteiger partial charge is 0.168 e. The summed E-state index contributed by atoms with van der Waals surface area (Å²) in [5.74, 6) is 0. The zero-order chi connectivity index (χ0) is 14.4. The molecule has 0 unspecified atom stereocenters. The quantitative estimate of drug-likeness (QED) is 0.129. The summed E-state index contributed by atoms with van der Waals surface area (Å²) < 4.78 is 0. The van der Waals surface area contributed by atoms with Gasteiger partial charge in [-0.05, 0) is 12.5 Å². The zero-order valence-electron chi connectivity index (χ0n) is 13.2. The van der Waals surface area contributed by atoms with Crippen LogP contribution in [0, 0.1) is 0 Å². The first-order valence-corrected chi connectivity index (χ1v) is 13.7. The van der Waals surface area contributed by atoms with Crippen molar-refractivity contribution in [1.29, 1.82) is 0 Å². The minimum Gasteiger partial charge on any atom is -0.168 e. The van der Waals surface area contributed by atoms with Crippen LogP contribution in [0.25, 0.3) is 0 Å². The number of hydrogen-bond acceptors (Lipinski definition) is 0. The van der Waals surface area contributed by atoms with Crippen LogP contribution in [0.3, 0.4) is 0 Å². The van der Waals surface area contributed by atoms with E-state index < -0.39 is 7.38 Å². The van der Waals surface area contributed by atoms with Gasteiger partial charge in [0.1, 0.15) is 7.38 Å². The molecule has 0 aliphatic heterocycles. The van der Waals surface area contributed by atoms with E-state index in [9.17, 15) is 0 Å². The van der Waals surface area contributed by atoms with Gasteiger partial charge >= 0.3 is 0 Å². The molecule has 0 heterocycles. The van der Waals surface area contributed by atoms with Crippen LogP contribution >= 0.6 is 27.0 Å². The molecule has 0 aromatic heterocycles. The predicted octanol–water partition coefficient (Wildman–Crippen LogP) is 7.51. The second-order valence-corrected chi connectivity index (χ2v) is 14.2. The highest BCUT2D eigenvalue weighted by Crippen LogP contribution is 2.19. The Morgan fingerprint density at radius 3 is 1.26 bits per heavy atom. The highest BCUT2D eigenvalue weighted by atomic mass is 79.9. The predicted molar refractivity (Wildman–Crippen MR) is 97.3 cm³/mol. The highest BCUT2D eigenvalue weighted by molar-refractivity contribution is 9.09. The summed E-state index contributed by atoms with van der Waals surface area (Å²) in [5.41, 5.74) is 0. The van der Waals surface area contributed by atoms with E-state index in [1.54, 1.807) is 0 Å². The summed E-state index contributed by atoms with van der Waals surface area (Å²) in [5, 5.41) is 1.18. The summed E-state index contributed by atoms with van der Waals surface area (Å²) in [6.07, 6.45) is 17.1. The topological polar surface area (TPSA) is 0 Å². The van der Waals surface area contributed by atoms with Crippen LogP contribution in [0.1, 0.15) is 77.0 Å². The maximum absolute atomic E-state index is 6.31. The molecule has 0 fully saturated rings. The SMILES string of the molecule is C[Si](C)(Cl)CCCCCCCCCCCCCCBr. The van der Waals surface area contributed by atoms with E-state index in [0.717, 1.165) is 0 Å². The van der Waals surface area contributed by atoms with Crippen molar-refractivity contribution in [1.82, 2.24) is 0 Å². The lowest BCUT2D eigenvalue weighted by Gasteiger charge is -2.11. The average Bonchev–Trinajstić information content (AvgIpc) is 2.34. The molecule has 0 N–H and O–H groups in total. The van der Waals surface area contributed by atoms with Gasteiger partial charge in [0.15, 0.2) is 0 Å². The third-order valence-electron chi connectivity index (χ3n) is 3.65. The summed E-state index contributed by atoms with van der Waals surface area (Å²) in [6, 6.07) is 1.29. The molecule has 0 amide bonds. The van der Waals surface area contributed by atoms with E-state index in [1.165, 1.54) is 88.4 Å². The van der Waals surface area contributed by atoms with E-state index in [4.69, 9.17) is 11.1 Å². The molecule has 0 aliphatic rings. The minimum atomic E-state index is -1.29. The lowest BCUT2D eigenvalue weighted by molar-refractivity contribution is 0.548. The summed E-state index contributed by atoms with van der Waals surface area (Å²) in [4.78, 5) is 0. The van der Waals surface area contributed by atoms with Crippen LogP contribution in [0.4, 0.5) is 0 Å². The molecule has 0 saturated heterocycles. The normalized spacial score (nSPS) is 12.0. The van der Waals surface area contributed by atoms with Crippen molar-refractivity contribution in [2.24, 2.45) is 0 Å². The number of unbranched alkanes of at least 4 members (excludes halogenated alkanes) is 11. The lowest BCUT2D eigenvalue weighted by atomic mass is 10.1. The molecular formula is C16H34BrClSi. The van der Waals surface area contributed by atoms with Gasteiger partial charge in [0.05, 0.1) is 0 Å². The molecule has 116 valence electrons. The van der Waals surface area contributed by atoms with Gasteiger partial charge in [-0.1, -0.05) is 99.7 Å².